The SMILES string of the molecule is CCCCC(CC)COC(=O)c1ccc(N/N=C(/C(C)=O)C(=O)Nc2ccc(NC(=O)/C(=N\Nc3cc(C(=O)OC)ccc3C(=O)OC)C(C)=O)cc2)cc1C(=O)OCC(CC)CCCC. The molecule has 0 saturated heterocycles. The van der Waals surface area contributed by atoms with Gasteiger partial charge in [-0.3, -0.25) is 30.0 Å². The van der Waals surface area contributed by atoms with Crippen molar-refractivity contribution in [2.24, 2.45) is 22.0 Å². The first-order chi connectivity index (χ1) is 31.6. The molecule has 18 nitrogen and oxygen atoms in total. The standard InChI is InChI=1S/C48H60N6O12/c1-9-13-15-31(11-3)27-65-47(61)37-24-22-36(26-39(37)48(62)66-28-32(12-4)16-14-10-2)51-53-41(29(5)55)43(57)49-34-18-20-35(21-19-34)50-44(58)42(30(6)56)54-52-40-25-33(45(59)63-7)17-23-38(40)46(60)64-8/h17-26,31-32,51-52H,9-16,27-28H2,1-8H3,(H,49,57)(H,50,58)/b53-41-,54-42-. The Labute approximate surface area is 384 Å². The summed E-state index contributed by atoms with van der Waals surface area (Å²) in [6, 6.07) is 13.7. The summed E-state index contributed by atoms with van der Waals surface area (Å²) in [7, 11) is 2.32. The number of hydrogen-bond acceptors (Lipinski definition) is 16. The van der Waals surface area contributed by atoms with Gasteiger partial charge in [0.25, 0.3) is 11.8 Å². The highest BCUT2D eigenvalue weighted by atomic mass is 16.5. The third kappa shape index (κ3) is 16.1. The number of unbranched alkanes of at least 4 members (excludes halogenated alkanes) is 2. The maximum absolute atomic E-state index is 13.5. The van der Waals surface area contributed by atoms with Gasteiger partial charge in [-0.15, -0.1) is 0 Å². The van der Waals surface area contributed by atoms with Crippen LogP contribution in [0.3, 0.4) is 0 Å². The largest absolute Gasteiger partial charge is 0.465 e. The second kappa shape index (κ2) is 27.2. The van der Waals surface area contributed by atoms with E-state index in [1.54, 1.807) is 0 Å². The van der Waals surface area contributed by atoms with Crippen LogP contribution in [0, 0.1) is 11.8 Å². The molecule has 3 aromatic rings. The number of ketones is 2. The van der Waals surface area contributed by atoms with Gasteiger partial charge in [-0.2, -0.15) is 10.2 Å². The fraction of sp³-hybridized carbons (Fsp3) is 0.417. The van der Waals surface area contributed by atoms with Gasteiger partial charge < -0.3 is 29.6 Å². The summed E-state index contributed by atoms with van der Waals surface area (Å²) in [5.41, 5.74) is 4.48. The molecule has 0 radical (unpaired) electrons. The molecule has 0 saturated carbocycles. The molecule has 354 valence electrons. The molecule has 0 fully saturated rings. The molecule has 0 aromatic heterocycles. The summed E-state index contributed by atoms with van der Waals surface area (Å²) in [6.45, 7) is 10.8. The van der Waals surface area contributed by atoms with Crippen LogP contribution in [-0.4, -0.2) is 86.1 Å². The summed E-state index contributed by atoms with van der Waals surface area (Å²) in [4.78, 5) is 103. The van der Waals surface area contributed by atoms with E-state index >= 15 is 0 Å². The van der Waals surface area contributed by atoms with Crippen molar-refractivity contribution in [3.63, 3.8) is 0 Å². The van der Waals surface area contributed by atoms with Gasteiger partial charge in [0.2, 0.25) is 0 Å². The summed E-state index contributed by atoms with van der Waals surface area (Å²) < 4.78 is 20.8. The second-order valence-electron chi connectivity index (χ2n) is 15.3. The van der Waals surface area contributed by atoms with Crippen molar-refractivity contribution in [1.29, 1.82) is 0 Å². The maximum atomic E-state index is 13.5. The number of amides is 2. The third-order valence-electron chi connectivity index (χ3n) is 10.4. The highest BCUT2D eigenvalue weighted by Crippen LogP contribution is 2.23. The molecule has 2 unspecified atom stereocenters. The number of esters is 4. The highest BCUT2D eigenvalue weighted by Gasteiger charge is 2.24. The van der Waals surface area contributed by atoms with Crippen molar-refractivity contribution < 1.29 is 57.3 Å². The van der Waals surface area contributed by atoms with Gasteiger partial charge in [-0.25, -0.2) is 19.2 Å². The fourth-order valence-corrected chi connectivity index (χ4v) is 6.30. The Kier molecular flexibility index (Phi) is 21.9. The molecule has 0 spiro atoms. The molecule has 2 atom stereocenters. The lowest BCUT2D eigenvalue weighted by molar-refractivity contribution is -0.116. The van der Waals surface area contributed by atoms with Gasteiger partial charge in [-0.1, -0.05) is 66.2 Å². The number of rotatable bonds is 26. The molecule has 3 aromatic carbocycles. The number of nitrogens with zero attached hydrogens (tertiary/aromatic N) is 2. The number of Topliss-reactive ketones (excluding diaryl/α,β-unsaturated/α-hetero) is 2. The van der Waals surface area contributed by atoms with E-state index in [1.165, 1.54) is 67.8 Å². The lowest BCUT2D eigenvalue weighted by atomic mass is 10.0. The Morgan fingerprint density at radius 3 is 1.44 bits per heavy atom. The van der Waals surface area contributed by atoms with Crippen LogP contribution in [0.2, 0.25) is 0 Å². The Hall–Kier alpha value is -7.24. The maximum Gasteiger partial charge on any atom is 0.340 e. The summed E-state index contributed by atoms with van der Waals surface area (Å²) in [5.74, 6) is -5.85. The molecule has 0 aliphatic heterocycles. The first-order valence-corrected chi connectivity index (χ1v) is 21.8. The number of ether oxygens (including phenoxy) is 4. The normalized spacial score (nSPS) is 12.2. The van der Waals surface area contributed by atoms with E-state index in [0.717, 1.165) is 72.3 Å². The van der Waals surface area contributed by atoms with Gasteiger partial charge in [0.1, 0.15) is 0 Å². The Morgan fingerprint density at radius 1 is 0.530 bits per heavy atom. The molecule has 0 aliphatic carbocycles. The van der Waals surface area contributed by atoms with E-state index in [4.69, 9.17) is 18.9 Å². The highest BCUT2D eigenvalue weighted by molar-refractivity contribution is 6.67. The predicted octanol–water partition coefficient (Wildman–Crippen LogP) is 8.00. The molecule has 66 heavy (non-hydrogen) atoms. The van der Waals surface area contributed by atoms with Gasteiger partial charge in [-0.05, 0) is 85.3 Å². The van der Waals surface area contributed by atoms with E-state index in [2.05, 4.69) is 45.5 Å². The molecular formula is C48H60N6O12. The Bertz CT molecular complexity index is 2290. The monoisotopic (exact) mass is 912 g/mol. The van der Waals surface area contributed by atoms with E-state index in [0.29, 0.717) is 0 Å². The zero-order valence-electron chi connectivity index (χ0n) is 38.8. The first kappa shape index (κ1) is 53.1. The zero-order chi connectivity index (χ0) is 48.8. The van der Waals surface area contributed by atoms with Crippen LogP contribution in [0.1, 0.15) is 134 Å². The minimum absolute atomic E-state index is 0.00379. The quantitative estimate of drug-likeness (QED) is 0.0196. The van der Waals surface area contributed by atoms with Crippen LogP contribution in [0.4, 0.5) is 22.7 Å². The van der Waals surface area contributed by atoms with Crippen LogP contribution in [-0.2, 0) is 38.1 Å². The average Bonchev–Trinajstić information content (AvgIpc) is 3.31. The third-order valence-corrected chi connectivity index (χ3v) is 10.4. The summed E-state index contributed by atoms with van der Waals surface area (Å²) in [5, 5.41) is 13.0. The minimum Gasteiger partial charge on any atom is -0.465 e. The van der Waals surface area contributed by atoms with Crippen molar-refractivity contribution in [1.82, 2.24) is 0 Å². The number of hydrazone groups is 2. The molecule has 0 aliphatic rings. The van der Waals surface area contributed by atoms with E-state index in [1.807, 2.05) is 13.8 Å². The topological polar surface area (TPSA) is 246 Å². The number of methoxy groups -OCH3 is 2. The van der Waals surface area contributed by atoms with Crippen molar-refractivity contribution in [3.05, 3.63) is 82.9 Å². The summed E-state index contributed by atoms with van der Waals surface area (Å²) >= 11 is 0. The van der Waals surface area contributed by atoms with E-state index < -0.39 is 58.7 Å². The molecule has 0 heterocycles. The first-order valence-electron chi connectivity index (χ1n) is 21.8. The number of carbonyl (C=O) groups is 8. The van der Waals surface area contributed by atoms with Crippen LogP contribution in [0.25, 0.3) is 0 Å². The Balaban J connectivity index is 1.79. The smallest absolute Gasteiger partial charge is 0.340 e. The molecule has 0 bridgehead atoms. The molecule has 2 amide bonds. The number of hydrogen-bond donors (Lipinski definition) is 4. The minimum atomic E-state index is -0.932. The number of carbonyl (C=O) groups excluding carboxylic acids is 8. The van der Waals surface area contributed by atoms with Crippen LogP contribution >= 0.6 is 0 Å². The second-order valence-corrected chi connectivity index (χ2v) is 15.3. The molecule has 18 heteroatoms. The molecule has 3 rings (SSSR count). The van der Waals surface area contributed by atoms with Gasteiger partial charge in [0, 0.05) is 25.2 Å². The zero-order valence-corrected chi connectivity index (χ0v) is 38.8. The van der Waals surface area contributed by atoms with E-state index in [9.17, 15) is 38.4 Å². The molecular weight excluding hydrogens is 853 g/mol. The number of anilines is 4. The van der Waals surface area contributed by atoms with Crippen molar-refractivity contribution in [3.8, 4) is 0 Å². The summed E-state index contributed by atoms with van der Waals surface area (Å²) in [6.07, 6.45) is 7.42. The lowest BCUT2D eigenvalue weighted by Gasteiger charge is -2.17. The van der Waals surface area contributed by atoms with Crippen molar-refractivity contribution in [2.45, 2.75) is 92.9 Å². The average molecular weight is 913 g/mol. The lowest BCUT2D eigenvalue weighted by Crippen LogP contribution is -2.30. The number of nitrogens with one attached hydrogen (secondary N) is 4. The predicted molar refractivity (Wildman–Crippen MR) is 250 cm³/mol. The van der Waals surface area contributed by atoms with Crippen LogP contribution in [0.5, 0.6) is 0 Å². The molecule has 4 N–H and O–H groups in total. The number of benzene rings is 3. The van der Waals surface area contributed by atoms with Crippen LogP contribution in [0.15, 0.2) is 70.9 Å². The van der Waals surface area contributed by atoms with Gasteiger partial charge in [0.15, 0.2) is 23.0 Å². The van der Waals surface area contributed by atoms with Gasteiger partial charge >= 0.3 is 23.9 Å². The van der Waals surface area contributed by atoms with Crippen molar-refractivity contribution >= 4 is 81.4 Å². The van der Waals surface area contributed by atoms with Crippen LogP contribution < -0.4 is 21.5 Å². The van der Waals surface area contributed by atoms with E-state index in [-0.39, 0.29) is 70.1 Å². The van der Waals surface area contributed by atoms with Gasteiger partial charge in [0.05, 0.1) is 61.1 Å². The van der Waals surface area contributed by atoms with Crippen molar-refractivity contribution in [2.75, 3.05) is 48.9 Å². The fourth-order valence-electron chi connectivity index (χ4n) is 6.30. The Morgan fingerprint density at radius 2 is 0.985 bits per heavy atom.